The van der Waals surface area contributed by atoms with Crippen molar-refractivity contribution in [1.29, 1.82) is 5.26 Å². The number of hydrogen-bond donors (Lipinski definition) is 2. The number of nitrogens with zero attached hydrogens (tertiary/aromatic N) is 4. The van der Waals surface area contributed by atoms with E-state index in [1.54, 1.807) is 18.2 Å². The minimum absolute atomic E-state index is 0.0697. The lowest BCUT2D eigenvalue weighted by atomic mass is 10.1. The number of aromatic nitrogens is 3. The molecule has 0 saturated carbocycles. The first kappa shape index (κ1) is 24.0. The summed E-state index contributed by atoms with van der Waals surface area (Å²) in [6.07, 6.45) is 2.49. The van der Waals surface area contributed by atoms with Crippen LogP contribution in [0.1, 0.15) is 11.1 Å². The van der Waals surface area contributed by atoms with Gasteiger partial charge in [0.25, 0.3) is 0 Å². The Morgan fingerprint density at radius 1 is 1.17 bits per heavy atom. The van der Waals surface area contributed by atoms with Gasteiger partial charge in [-0.1, -0.05) is 6.07 Å². The maximum Gasteiger partial charge on any atom is 0.516 e. The van der Waals surface area contributed by atoms with E-state index in [1.165, 1.54) is 36.7 Å². The lowest BCUT2D eigenvalue weighted by molar-refractivity contribution is -0.0437. The van der Waals surface area contributed by atoms with E-state index in [-0.39, 0.29) is 22.0 Å². The molecule has 0 amide bonds. The summed E-state index contributed by atoms with van der Waals surface area (Å²) in [6, 6.07) is 12.3. The molecule has 0 fully saturated rings. The first-order valence-electron chi connectivity index (χ1n) is 9.93. The molecule has 0 bridgehead atoms. The van der Waals surface area contributed by atoms with Crippen LogP contribution in [0, 0.1) is 17.1 Å². The quantitative estimate of drug-likeness (QED) is 0.373. The Kier molecular flexibility index (Phi) is 6.08. The number of fused-ring (bicyclic) bond motifs is 1. The molecule has 0 aliphatic heterocycles. The Morgan fingerprint density at radius 2 is 1.89 bits per heavy atom. The van der Waals surface area contributed by atoms with Gasteiger partial charge >= 0.3 is 15.5 Å². The van der Waals surface area contributed by atoms with Crippen LogP contribution in [0.15, 0.2) is 54.9 Å². The molecule has 4 rings (SSSR count). The van der Waals surface area contributed by atoms with Gasteiger partial charge in [-0.05, 0) is 42.0 Å². The highest BCUT2D eigenvalue weighted by atomic mass is 32.2. The summed E-state index contributed by atoms with van der Waals surface area (Å²) in [5.41, 5.74) is -3.19. The third-order valence-electron chi connectivity index (χ3n) is 5.21. The third kappa shape index (κ3) is 4.47. The van der Waals surface area contributed by atoms with Crippen LogP contribution in [0.5, 0.6) is 0 Å². The number of H-pyrrole nitrogens is 1. The summed E-state index contributed by atoms with van der Waals surface area (Å²) >= 11 is 0. The zero-order valence-corrected chi connectivity index (χ0v) is 18.7. The second-order valence-corrected chi connectivity index (χ2v) is 9.33. The summed E-state index contributed by atoms with van der Waals surface area (Å²) in [6.45, 7) is -0.147. The average Bonchev–Trinajstić information content (AvgIpc) is 3.26. The number of hydrogen-bond acceptors (Lipinski definition) is 6. The molecule has 1 aromatic carbocycles. The molecule has 3 aromatic heterocycles. The average molecular weight is 504 g/mol. The highest BCUT2D eigenvalue weighted by molar-refractivity contribution is 7.93. The van der Waals surface area contributed by atoms with Gasteiger partial charge in [0.15, 0.2) is 0 Å². The lowest BCUT2D eigenvalue weighted by Gasteiger charge is -2.22. The van der Waals surface area contributed by atoms with Crippen molar-refractivity contribution in [3.63, 3.8) is 0 Å². The van der Waals surface area contributed by atoms with Gasteiger partial charge in [0.05, 0.1) is 11.3 Å². The molecule has 3 heterocycles. The topological polar surface area (TPSA) is 115 Å². The number of rotatable bonds is 6. The van der Waals surface area contributed by atoms with Crippen LogP contribution in [-0.2, 0) is 16.6 Å². The van der Waals surface area contributed by atoms with Crippen molar-refractivity contribution in [3.8, 4) is 17.3 Å². The second-order valence-electron chi connectivity index (χ2n) is 7.37. The zero-order valence-electron chi connectivity index (χ0n) is 17.9. The SMILES string of the molecule is CN(c1ncccc1CNc1c(C#N)cnc2[nH]c(-c3ccc(F)cc3)cc12)S(=O)(=O)C(F)(F)F. The van der Waals surface area contributed by atoms with Gasteiger partial charge in [0.2, 0.25) is 0 Å². The molecule has 2 N–H and O–H groups in total. The molecule has 0 unspecified atom stereocenters. The van der Waals surface area contributed by atoms with Crippen molar-refractivity contribution < 1.29 is 26.0 Å². The van der Waals surface area contributed by atoms with Crippen molar-refractivity contribution in [2.45, 2.75) is 12.1 Å². The zero-order chi connectivity index (χ0) is 25.4. The van der Waals surface area contributed by atoms with Gasteiger partial charge in [-0.3, -0.25) is 0 Å². The van der Waals surface area contributed by atoms with Crippen molar-refractivity contribution >= 4 is 32.6 Å². The normalized spacial score (nSPS) is 11.9. The molecule has 0 saturated heterocycles. The molecule has 4 aromatic rings. The van der Waals surface area contributed by atoms with Crippen molar-refractivity contribution in [2.75, 3.05) is 16.7 Å². The highest BCUT2D eigenvalue weighted by Crippen LogP contribution is 2.33. The number of pyridine rings is 2. The van der Waals surface area contributed by atoms with Crippen molar-refractivity contribution in [1.82, 2.24) is 15.0 Å². The van der Waals surface area contributed by atoms with Crippen LogP contribution in [0.3, 0.4) is 0 Å². The standard InChI is InChI=1S/C22H16F4N6O2S/c1-32(35(33,34)22(24,25)26)21-14(3-2-8-28-21)11-29-19-15(10-27)12-30-20-17(19)9-18(31-20)13-4-6-16(23)7-5-13/h2-9,12H,11H2,1H3,(H2,29,30,31). The van der Waals surface area contributed by atoms with E-state index in [1.807, 2.05) is 6.07 Å². The molecule has 0 atom stereocenters. The molecule has 0 spiro atoms. The summed E-state index contributed by atoms with van der Waals surface area (Å²) in [7, 11) is -4.90. The molecular weight excluding hydrogens is 488 g/mol. The molecule has 0 aliphatic carbocycles. The number of sulfonamides is 1. The molecule has 180 valence electrons. The molecular formula is C22H16F4N6O2S. The maximum atomic E-state index is 13.3. The number of alkyl halides is 3. The number of benzene rings is 1. The maximum absolute atomic E-state index is 13.3. The summed E-state index contributed by atoms with van der Waals surface area (Å²) in [5, 5.41) is 13.1. The number of halogens is 4. The van der Waals surface area contributed by atoms with E-state index in [0.29, 0.717) is 28.0 Å². The van der Waals surface area contributed by atoms with E-state index in [0.717, 1.165) is 7.05 Å². The number of aromatic amines is 1. The Hall–Kier alpha value is -4.18. The first-order chi connectivity index (χ1) is 16.5. The van der Waals surface area contributed by atoms with E-state index in [2.05, 4.69) is 20.3 Å². The highest BCUT2D eigenvalue weighted by Gasteiger charge is 2.49. The fourth-order valence-corrected chi connectivity index (χ4v) is 4.14. The predicted molar refractivity (Wildman–Crippen MR) is 121 cm³/mol. The summed E-state index contributed by atoms with van der Waals surface area (Å²) in [5.74, 6) is -0.816. The molecule has 0 radical (unpaired) electrons. The van der Waals surface area contributed by atoms with Gasteiger partial charge in [-0.2, -0.15) is 26.9 Å². The Labute approximate surface area is 196 Å². The number of nitrogens with one attached hydrogen (secondary N) is 2. The fourth-order valence-electron chi connectivity index (χ4n) is 3.44. The predicted octanol–water partition coefficient (Wildman–Crippen LogP) is 4.53. The number of nitriles is 1. The monoisotopic (exact) mass is 504 g/mol. The van der Waals surface area contributed by atoms with Crippen LogP contribution >= 0.6 is 0 Å². The Morgan fingerprint density at radius 3 is 2.54 bits per heavy atom. The summed E-state index contributed by atoms with van der Waals surface area (Å²) < 4.78 is 76.2. The van der Waals surface area contributed by atoms with E-state index >= 15 is 0 Å². The minimum Gasteiger partial charge on any atom is -0.379 e. The number of anilines is 2. The van der Waals surface area contributed by atoms with Gasteiger partial charge in [0.1, 0.15) is 23.4 Å². The Balaban J connectivity index is 1.71. The van der Waals surface area contributed by atoms with Gasteiger partial charge in [-0.25, -0.2) is 18.7 Å². The largest absolute Gasteiger partial charge is 0.516 e. The minimum atomic E-state index is -5.66. The van der Waals surface area contributed by atoms with Crippen molar-refractivity contribution in [3.05, 3.63) is 71.8 Å². The molecule has 0 aliphatic rings. The fraction of sp³-hybridized carbons (Fsp3) is 0.136. The third-order valence-corrected chi connectivity index (χ3v) is 6.69. The van der Waals surface area contributed by atoms with Crippen LogP contribution in [0.4, 0.5) is 29.1 Å². The Bertz CT molecular complexity index is 1540. The van der Waals surface area contributed by atoms with Gasteiger partial charge < -0.3 is 10.3 Å². The van der Waals surface area contributed by atoms with Crippen LogP contribution in [-0.4, -0.2) is 35.9 Å². The molecule has 8 nitrogen and oxygen atoms in total. The van der Waals surface area contributed by atoms with Crippen LogP contribution in [0.25, 0.3) is 22.3 Å². The van der Waals surface area contributed by atoms with E-state index in [9.17, 15) is 31.2 Å². The van der Waals surface area contributed by atoms with Crippen molar-refractivity contribution in [2.24, 2.45) is 0 Å². The van der Waals surface area contributed by atoms with Crippen LogP contribution in [0.2, 0.25) is 0 Å². The van der Waals surface area contributed by atoms with E-state index < -0.39 is 27.2 Å². The van der Waals surface area contributed by atoms with Gasteiger partial charge in [-0.15, -0.1) is 0 Å². The van der Waals surface area contributed by atoms with Gasteiger partial charge in [0, 0.05) is 42.6 Å². The lowest BCUT2D eigenvalue weighted by Crippen LogP contribution is -2.39. The summed E-state index contributed by atoms with van der Waals surface area (Å²) in [4.78, 5) is 11.1. The second kappa shape index (κ2) is 8.88. The molecule has 35 heavy (non-hydrogen) atoms. The van der Waals surface area contributed by atoms with E-state index in [4.69, 9.17) is 0 Å². The smallest absolute Gasteiger partial charge is 0.379 e. The molecule has 13 heteroatoms. The van der Waals surface area contributed by atoms with Crippen LogP contribution < -0.4 is 9.62 Å². The first-order valence-corrected chi connectivity index (χ1v) is 11.4.